The lowest BCUT2D eigenvalue weighted by Gasteiger charge is -2.25. The summed E-state index contributed by atoms with van der Waals surface area (Å²) in [4.78, 5) is 27.8. The maximum absolute atomic E-state index is 13.1. The van der Waals surface area contributed by atoms with Gasteiger partial charge in [0.25, 0.3) is 0 Å². The van der Waals surface area contributed by atoms with Gasteiger partial charge in [-0.3, -0.25) is 9.69 Å². The molecule has 0 bridgehead atoms. The lowest BCUT2D eigenvalue weighted by molar-refractivity contribution is -0.125. The third kappa shape index (κ3) is 2.47. The number of nitrogens with zero attached hydrogens (tertiary/aromatic N) is 4. The monoisotopic (exact) mass is 332 g/mol. The molecule has 2 aromatic rings. The minimum absolute atomic E-state index is 0.0947. The Hall–Kier alpha value is -2.82. The third-order valence-electron chi connectivity index (χ3n) is 5.11. The van der Waals surface area contributed by atoms with Crippen LogP contribution in [0.1, 0.15) is 31.7 Å². The molecule has 1 saturated heterocycles. The summed E-state index contributed by atoms with van der Waals surface area (Å²) in [6, 6.07) is 5.64. The molecule has 0 aromatic carbocycles. The normalized spacial score (nSPS) is 21.6. The highest BCUT2D eigenvalue weighted by atomic mass is 16.2. The van der Waals surface area contributed by atoms with Gasteiger partial charge in [-0.1, -0.05) is 26.0 Å². The Morgan fingerprint density at radius 2 is 1.92 bits per heavy atom. The van der Waals surface area contributed by atoms with Crippen molar-refractivity contribution in [2.24, 2.45) is 11.3 Å². The highest BCUT2D eigenvalue weighted by Gasteiger charge is 2.51. The molecule has 1 atom stereocenters. The Morgan fingerprint density at radius 1 is 1.16 bits per heavy atom. The van der Waals surface area contributed by atoms with Crippen LogP contribution < -0.4 is 4.90 Å². The number of hydrogen-bond donors (Lipinski definition) is 0. The van der Waals surface area contributed by atoms with Gasteiger partial charge in [0.15, 0.2) is 0 Å². The molecule has 1 aliphatic carbocycles. The Bertz CT molecular complexity index is 882. The number of hydrogen-bond acceptors (Lipinski definition) is 4. The van der Waals surface area contributed by atoms with Gasteiger partial charge in [0.1, 0.15) is 11.6 Å². The van der Waals surface area contributed by atoms with E-state index in [4.69, 9.17) is 0 Å². The number of fused-ring (bicyclic) bond motifs is 1. The van der Waals surface area contributed by atoms with Crippen molar-refractivity contribution >= 4 is 17.3 Å². The maximum Gasteiger partial charge on any atom is 0.238 e. The van der Waals surface area contributed by atoms with Gasteiger partial charge in [0, 0.05) is 35.8 Å². The van der Waals surface area contributed by atoms with E-state index in [1.807, 2.05) is 51.4 Å². The van der Waals surface area contributed by atoms with Gasteiger partial charge in [-0.25, -0.2) is 15.0 Å². The van der Waals surface area contributed by atoms with Crippen LogP contribution in [-0.2, 0) is 4.79 Å². The van der Waals surface area contributed by atoms with Gasteiger partial charge in [-0.2, -0.15) is 0 Å². The number of anilines is 1. The lowest BCUT2D eigenvalue weighted by Crippen LogP contribution is -2.31. The van der Waals surface area contributed by atoms with Crippen LogP contribution in [0.4, 0.5) is 5.82 Å². The Balaban J connectivity index is 1.80. The summed E-state index contributed by atoms with van der Waals surface area (Å²) in [6.45, 7) is 5.91. The van der Waals surface area contributed by atoms with Crippen LogP contribution in [0.15, 0.2) is 54.6 Å². The molecule has 5 nitrogen and oxygen atoms in total. The fourth-order valence-corrected chi connectivity index (χ4v) is 3.59. The SMILES string of the molecule is Cc1ncc(C2=CCC3C(=C2)N(c2ccccn2)C(=O)C3(C)C)cn1. The van der Waals surface area contributed by atoms with E-state index in [2.05, 4.69) is 27.1 Å². The van der Waals surface area contributed by atoms with Crippen LogP contribution in [0.5, 0.6) is 0 Å². The minimum Gasteiger partial charge on any atom is -0.273 e. The first-order valence-electron chi connectivity index (χ1n) is 8.45. The maximum atomic E-state index is 13.1. The number of aromatic nitrogens is 3. The van der Waals surface area contributed by atoms with Crippen LogP contribution in [0, 0.1) is 18.3 Å². The van der Waals surface area contributed by atoms with E-state index >= 15 is 0 Å². The van der Waals surface area contributed by atoms with Crippen LogP contribution in [-0.4, -0.2) is 20.9 Å². The van der Waals surface area contributed by atoms with Gasteiger partial charge in [-0.15, -0.1) is 0 Å². The molecule has 2 aromatic heterocycles. The molecule has 126 valence electrons. The summed E-state index contributed by atoms with van der Waals surface area (Å²) in [6.07, 6.45) is 10.5. The van der Waals surface area contributed by atoms with Crippen LogP contribution in [0.25, 0.3) is 5.57 Å². The molecule has 5 heteroatoms. The molecular formula is C20H20N4O. The van der Waals surface area contributed by atoms with Crippen LogP contribution >= 0.6 is 0 Å². The Morgan fingerprint density at radius 3 is 2.60 bits per heavy atom. The number of rotatable bonds is 2. The van der Waals surface area contributed by atoms with Crippen molar-refractivity contribution in [3.05, 3.63) is 66.0 Å². The van der Waals surface area contributed by atoms with Gasteiger partial charge in [0.2, 0.25) is 5.91 Å². The zero-order valence-corrected chi connectivity index (χ0v) is 14.6. The number of carbonyl (C=O) groups excluding carboxylic acids is 1. The van der Waals surface area contributed by atoms with E-state index in [9.17, 15) is 4.79 Å². The average molecular weight is 332 g/mol. The highest BCUT2D eigenvalue weighted by molar-refractivity contribution is 6.04. The lowest BCUT2D eigenvalue weighted by atomic mass is 9.75. The summed E-state index contributed by atoms with van der Waals surface area (Å²) in [5.41, 5.74) is 2.58. The van der Waals surface area contributed by atoms with Crippen LogP contribution in [0.3, 0.4) is 0 Å². The number of aryl methyl sites for hydroxylation is 1. The predicted octanol–water partition coefficient (Wildman–Crippen LogP) is 3.54. The summed E-state index contributed by atoms with van der Waals surface area (Å²) >= 11 is 0. The standard InChI is InChI=1S/C20H20N4O/c1-13-22-11-15(12-23-13)14-7-8-16-17(10-14)24(19(25)20(16,2)3)18-6-4-5-9-21-18/h4-7,9-12,16H,8H2,1-3H3. The molecule has 4 rings (SSSR count). The third-order valence-corrected chi connectivity index (χ3v) is 5.11. The highest BCUT2D eigenvalue weighted by Crippen LogP contribution is 2.49. The molecule has 0 spiro atoms. The number of pyridine rings is 1. The predicted molar refractivity (Wildman–Crippen MR) is 96.4 cm³/mol. The molecule has 2 aliphatic rings. The second-order valence-corrected chi connectivity index (χ2v) is 7.09. The summed E-state index contributed by atoms with van der Waals surface area (Å²) in [7, 11) is 0. The first-order chi connectivity index (χ1) is 12.0. The van der Waals surface area contributed by atoms with Crippen molar-refractivity contribution < 1.29 is 4.79 Å². The van der Waals surface area contributed by atoms with Crippen molar-refractivity contribution in [2.45, 2.75) is 27.2 Å². The molecule has 0 saturated carbocycles. The zero-order chi connectivity index (χ0) is 17.6. The van der Waals surface area contributed by atoms with Crippen molar-refractivity contribution in [3.8, 4) is 0 Å². The molecule has 1 aliphatic heterocycles. The topological polar surface area (TPSA) is 59.0 Å². The number of allylic oxidation sites excluding steroid dienone is 4. The zero-order valence-electron chi connectivity index (χ0n) is 14.6. The van der Waals surface area contributed by atoms with Gasteiger partial charge < -0.3 is 0 Å². The smallest absolute Gasteiger partial charge is 0.238 e. The van der Waals surface area contributed by atoms with Crippen molar-refractivity contribution in [1.82, 2.24) is 15.0 Å². The van der Waals surface area contributed by atoms with Crippen molar-refractivity contribution in [1.29, 1.82) is 0 Å². The van der Waals surface area contributed by atoms with Gasteiger partial charge in [0.05, 0.1) is 5.41 Å². The summed E-state index contributed by atoms with van der Waals surface area (Å²) < 4.78 is 0. The number of amides is 1. The molecular weight excluding hydrogens is 312 g/mol. The first-order valence-corrected chi connectivity index (χ1v) is 8.45. The minimum atomic E-state index is -0.449. The molecule has 1 fully saturated rings. The van der Waals surface area contributed by atoms with Gasteiger partial charge >= 0.3 is 0 Å². The fraction of sp³-hybridized carbons (Fsp3) is 0.300. The number of carbonyl (C=O) groups is 1. The first kappa shape index (κ1) is 15.7. The Kier molecular flexibility index (Phi) is 3.53. The summed E-state index contributed by atoms with van der Waals surface area (Å²) in [5, 5.41) is 0. The van der Waals surface area contributed by atoms with E-state index in [0.29, 0.717) is 5.82 Å². The molecule has 0 radical (unpaired) electrons. The van der Waals surface area contributed by atoms with E-state index in [-0.39, 0.29) is 11.8 Å². The van der Waals surface area contributed by atoms with E-state index < -0.39 is 5.41 Å². The van der Waals surface area contributed by atoms with Gasteiger partial charge in [-0.05, 0) is 37.1 Å². The molecule has 1 unspecified atom stereocenters. The van der Waals surface area contributed by atoms with E-state index in [1.54, 1.807) is 11.1 Å². The molecule has 1 amide bonds. The summed E-state index contributed by atoms with van der Waals surface area (Å²) in [5.74, 6) is 1.67. The quantitative estimate of drug-likeness (QED) is 0.844. The van der Waals surface area contributed by atoms with E-state index in [1.165, 1.54) is 0 Å². The van der Waals surface area contributed by atoms with Crippen LogP contribution in [0.2, 0.25) is 0 Å². The van der Waals surface area contributed by atoms with Crippen molar-refractivity contribution in [3.63, 3.8) is 0 Å². The second-order valence-electron chi connectivity index (χ2n) is 7.09. The van der Waals surface area contributed by atoms with E-state index in [0.717, 1.165) is 29.1 Å². The largest absolute Gasteiger partial charge is 0.273 e. The average Bonchev–Trinajstić information content (AvgIpc) is 2.82. The fourth-order valence-electron chi connectivity index (χ4n) is 3.59. The van der Waals surface area contributed by atoms with Crippen molar-refractivity contribution in [2.75, 3.05) is 4.90 Å². The molecule has 25 heavy (non-hydrogen) atoms. The molecule has 0 N–H and O–H groups in total. The molecule has 3 heterocycles. The Labute approximate surface area is 147 Å². The second kappa shape index (κ2) is 5.62.